The van der Waals surface area contributed by atoms with E-state index in [9.17, 15) is 9.90 Å². The Labute approximate surface area is 149 Å². The second-order valence-corrected chi connectivity index (χ2v) is 7.42. The minimum atomic E-state index is -1.04. The molecule has 3 nitrogen and oxygen atoms in total. The minimum absolute atomic E-state index is 0.217. The maximum absolute atomic E-state index is 12.1. The van der Waals surface area contributed by atoms with Crippen LogP contribution in [0.1, 0.15) is 67.2 Å². The lowest BCUT2D eigenvalue weighted by molar-refractivity contribution is 0.0994. The first-order valence-electron chi connectivity index (χ1n) is 8.66. The number of pyridine rings is 1. The Bertz CT molecular complexity index is 892. The van der Waals surface area contributed by atoms with Crippen LogP contribution in [0.5, 0.6) is 0 Å². The third-order valence-corrected chi connectivity index (χ3v) is 4.32. The van der Waals surface area contributed by atoms with E-state index in [0.29, 0.717) is 6.42 Å². The summed E-state index contributed by atoms with van der Waals surface area (Å²) in [6.07, 6.45) is 3.18. The molecule has 0 spiro atoms. The molecule has 0 fully saturated rings. The van der Waals surface area contributed by atoms with Gasteiger partial charge < -0.3 is 5.11 Å². The summed E-state index contributed by atoms with van der Waals surface area (Å²) < 4.78 is 0. The summed E-state index contributed by atoms with van der Waals surface area (Å²) in [5.74, 6) is 6.29. The van der Waals surface area contributed by atoms with Crippen molar-refractivity contribution in [1.82, 2.24) is 4.98 Å². The van der Waals surface area contributed by atoms with Gasteiger partial charge in [-0.2, -0.15) is 0 Å². The fourth-order valence-electron chi connectivity index (χ4n) is 3.06. The molecule has 1 aromatic carbocycles. The average Bonchev–Trinajstić information content (AvgIpc) is 2.92. The zero-order valence-electron chi connectivity index (χ0n) is 15.2. The summed E-state index contributed by atoms with van der Waals surface area (Å²) in [7, 11) is 0. The molecule has 0 saturated heterocycles. The van der Waals surface area contributed by atoms with Crippen LogP contribution in [0.25, 0.3) is 11.1 Å². The van der Waals surface area contributed by atoms with E-state index in [4.69, 9.17) is 0 Å². The number of aromatic nitrogens is 1. The van der Waals surface area contributed by atoms with E-state index in [1.165, 1.54) is 0 Å². The fraction of sp³-hybridized carbons (Fsp3) is 0.364. The molecule has 0 bridgehead atoms. The van der Waals surface area contributed by atoms with E-state index in [2.05, 4.69) is 42.8 Å². The van der Waals surface area contributed by atoms with E-state index in [0.717, 1.165) is 39.9 Å². The Balaban J connectivity index is 2.11. The van der Waals surface area contributed by atoms with Crippen LogP contribution in [0.2, 0.25) is 0 Å². The summed E-state index contributed by atoms with van der Waals surface area (Å²) in [6.45, 7) is 7.52. The van der Waals surface area contributed by atoms with Gasteiger partial charge in [-0.15, -0.1) is 0 Å². The molecule has 0 atom stereocenters. The monoisotopic (exact) mass is 333 g/mol. The Morgan fingerprint density at radius 2 is 1.92 bits per heavy atom. The van der Waals surface area contributed by atoms with Crippen molar-refractivity contribution in [3.8, 4) is 23.0 Å². The number of nitrogens with zero attached hydrogens (tertiary/aromatic N) is 1. The maximum atomic E-state index is 12.1. The number of aryl methyl sites for hydroxylation is 1. The van der Waals surface area contributed by atoms with Gasteiger partial charge in [0.2, 0.25) is 0 Å². The predicted molar refractivity (Wildman–Crippen MR) is 99.6 cm³/mol. The standard InChI is InChI=1S/C22H23NO2/c1-14(2)21-19(11-15(13-23-21)9-10-22(3,4)25)17-6-5-16-7-8-20(24)18(16)12-17/h5-6,11-14,25H,7-8H2,1-4H3. The molecule has 128 valence electrons. The summed E-state index contributed by atoms with van der Waals surface area (Å²) in [5, 5.41) is 9.81. The van der Waals surface area contributed by atoms with Crippen molar-refractivity contribution in [2.75, 3.05) is 0 Å². The van der Waals surface area contributed by atoms with Crippen molar-refractivity contribution in [2.45, 2.75) is 52.1 Å². The van der Waals surface area contributed by atoms with Crippen LogP contribution >= 0.6 is 0 Å². The Morgan fingerprint density at radius 1 is 1.16 bits per heavy atom. The average molecular weight is 333 g/mol. The van der Waals surface area contributed by atoms with Crippen molar-refractivity contribution < 1.29 is 9.90 Å². The molecule has 0 unspecified atom stereocenters. The number of carbonyl (C=O) groups excluding carboxylic acids is 1. The van der Waals surface area contributed by atoms with Crippen LogP contribution in [-0.4, -0.2) is 21.5 Å². The highest BCUT2D eigenvalue weighted by molar-refractivity contribution is 6.01. The van der Waals surface area contributed by atoms with E-state index >= 15 is 0 Å². The third-order valence-electron chi connectivity index (χ3n) is 4.32. The van der Waals surface area contributed by atoms with Crippen molar-refractivity contribution in [3.05, 3.63) is 52.8 Å². The highest BCUT2D eigenvalue weighted by Gasteiger charge is 2.21. The number of ketones is 1. The predicted octanol–water partition coefficient (Wildman–Crippen LogP) is 4.12. The summed E-state index contributed by atoms with van der Waals surface area (Å²) in [6, 6.07) is 8.10. The number of Topliss-reactive ketones (excluding diaryl/α,β-unsaturated/α-hetero) is 1. The highest BCUT2D eigenvalue weighted by Crippen LogP contribution is 2.32. The third kappa shape index (κ3) is 3.81. The number of hydrogen-bond acceptors (Lipinski definition) is 3. The van der Waals surface area contributed by atoms with Crippen molar-refractivity contribution >= 4 is 5.78 Å². The largest absolute Gasteiger partial charge is 0.378 e. The van der Waals surface area contributed by atoms with E-state index in [1.807, 2.05) is 12.1 Å². The maximum Gasteiger partial charge on any atom is 0.163 e. The molecule has 3 rings (SSSR count). The SMILES string of the molecule is CC(C)c1ncc(C#CC(C)(C)O)cc1-c1ccc2c(c1)C(=O)CC2. The number of aliphatic hydroxyl groups is 1. The summed E-state index contributed by atoms with van der Waals surface area (Å²) >= 11 is 0. The van der Waals surface area contributed by atoms with Gasteiger partial charge in [-0.25, -0.2) is 0 Å². The lowest BCUT2D eigenvalue weighted by Gasteiger charge is -2.13. The quantitative estimate of drug-likeness (QED) is 0.841. The fourth-order valence-corrected chi connectivity index (χ4v) is 3.06. The summed E-state index contributed by atoms with van der Waals surface area (Å²) in [5.41, 5.74) is 4.66. The number of benzene rings is 1. The van der Waals surface area contributed by atoms with Gasteiger partial charge in [-0.3, -0.25) is 9.78 Å². The first-order valence-corrected chi connectivity index (χ1v) is 8.66. The molecular weight excluding hydrogens is 310 g/mol. The van der Waals surface area contributed by atoms with E-state index in [-0.39, 0.29) is 11.7 Å². The second kappa shape index (κ2) is 6.46. The van der Waals surface area contributed by atoms with Gasteiger partial charge in [0.25, 0.3) is 0 Å². The molecule has 0 saturated carbocycles. The molecule has 1 heterocycles. The lowest BCUT2D eigenvalue weighted by atomic mass is 9.94. The molecule has 2 aromatic rings. The molecule has 1 aliphatic carbocycles. The van der Waals surface area contributed by atoms with Crippen LogP contribution < -0.4 is 0 Å². The number of carbonyl (C=O) groups is 1. The smallest absolute Gasteiger partial charge is 0.163 e. The number of rotatable bonds is 2. The van der Waals surface area contributed by atoms with Gasteiger partial charge >= 0.3 is 0 Å². The van der Waals surface area contributed by atoms with Crippen molar-refractivity contribution in [2.24, 2.45) is 0 Å². The number of hydrogen-bond donors (Lipinski definition) is 1. The molecule has 1 aromatic heterocycles. The van der Waals surface area contributed by atoms with Crippen LogP contribution in [0.15, 0.2) is 30.5 Å². The Hall–Kier alpha value is -2.44. The Kier molecular flexibility index (Phi) is 4.49. The molecule has 0 amide bonds. The zero-order valence-corrected chi connectivity index (χ0v) is 15.2. The van der Waals surface area contributed by atoms with Gasteiger partial charge in [0.1, 0.15) is 5.60 Å². The topological polar surface area (TPSA) is 50.2 Å². The Morgan fingerprint density at radius 3 is 2.60 bits per heavy atom. The molecular formula is C22H23NO2. The molecule has 3 heteroatoms. The molecule has 0 aliphatic heterocycles. The first kappa shape index (κ1) is 17.4. The molecule has 0 radical (unpaired) electrons. The zero-order chi connectivity index (χ0) is 18.2. The lowest BCUT2D eigenvalue weighted by Crippen LogP contribution is -2.14. The first-order chi connectivity index (χ1) is 11.7. The molecule has 1 aliphatic rings. The van der Waals surface area contributed by atoms with Crippen LogP contribution in [-0.2, 0) is 6.42 Å². The second-order valence-electron chi connectivity index (χ2n) is 7.42. The van der Waals surface area contributed by atoms with Crippen molar-refractivity contribution in [3.63, 3.8) is 0 Å². The molecule has 1 N–H and O–H groups in total. The van der Waals surface area contributed by atoms with E-state index in [1.54, 1.807) is 20.0 Å². The van der Waals surface area contributed by atoms with Crippen LogP contribution in [0, 0.1) is 11.8 Å². The van der Waals surface area contributed by atoms with Gasteiger partial charge in [0.15, 0.2) is 5.78 Å². The van der Waals surface area contributed by atoms with Gasteiger partial charge in [-0.05, 0) is 49.4 Å². The molecule has 25 heavy (non-hydrogen) atoms. The van der Waals surface area contributed by atoms with Crippen molar-refractivity contribution in [1.29, 1.82) is 0 Å². The van der Waals surface area contributed by atoms with Crippen LogP contribution in [0.4, 0.5) is 0 Å². The van der Waals surface area contributed by atoms with Gasteiger partial charge in [-0.1, -0.05) is 37.8 Å². The van der Waals surface area contributed by atoms with Gasteiger partial charge in [0.05, 0.1) is 5.69 Å². The highest BCUT2D eigenvalue weighted by atomic mass is 16.3. The van der Waals surface area contributed by atoms with E-state index < -0.39 is 5.60 Å². The normalized spacial score (nSPS) is 13.6. The van der Waals surface area contributed by atoms with Crippen LogP contribution in [0.3, 0.4) is 0 Å². The minimum Gasteiger partial charge on any atom is -0.378 e. The van der Waals surface area contributed by atoms with Gasteiger partial charge in [0, 0.05) is 29.3 Å². The summed E-state index contributed by atoms with van der Waals surface area (Å²) in [4.78, 5) is 16.7. The number of fused-ring (bicyclic) bond motifs is 1.